The predicted molar refractivity (Wildman–Crippen MR) is 85.6 cm³/mol. The standard InChI is InChI=1S/C15H13ClF4N2OS/c1-8-11(7-22(2)14(23)12(8)17)24-21-13(15(18,19)20)9-3-5-10(16)6-4-9/h3-7,13,21H,1-2H3. The number of aromatic nitrogens is 1. The summed E-state index contributed by atoms with van der Waals surface area (Å²) in [5.41, 5.74) is -0.864. The van der Waals surface area contributed by atoms with Gasteiger partial charge in [0.05, 0.1) is 0 Å². The van der Waals surface area contributed by atoms with Crippen molar-refractivity contribution in [2.75, 3.05) is 0 Å². The van der Waals surface area contributed by atoms with Crippen LogP contribution in [0.25, 0.3) is 0 Å². The summed E-state index contributed by atoms with van der Waals surface area (Å²) >= 11 is 6.31. The van der Waals surface area contributed by atoms with Gasteiger partial charge in [-0.25, -0.2) is 9.11 Å². The van der Waals surface area contributed by atoms with Crippen LogP contribution in [-0.2, 0) is 7.05 Å². The fourth-order valence-electron chi connectivity index (χ4n) is 1.96. The van der Waals surface area contributed by atoms with Crippen molar-refractivity contribution in [3.05, 3.63) is 62.8 Å². The summed E-state index contributed by atoms with van der Waals surface area (Å²) in [7, 11) is 1.33. The van der Waals surface area contributed by atoms with Crippen LogP contribution in [0.4, 0.5) is 17.6 Å². The second-order valence-corrected chi connectivity index (χ2v) is 6.41. The van der Waals surface area contributed by atoms with Crippen LogP contribution in [0.15, 0.2) is 40.2 Å². The van der Waals surface area contributed by atoms with Crippen molar-refractivity contribution in [2.45, 2.75) is 24.0 Å². The molecular formula is C15H13ClF4N2OS. The molecule has 2 rings (SSSR count). The lowest BCUT2D eigenvalue weighted by Gasteiger charge is -2.22. The maximum Gasteiger partial charge on any atom is 0.408 e. The number of aryl methyl sites for hydroxylation is 1. The lowest BCUT2D eigenvalue weighted by Crippen LogP contribution is -2.30. The number of rotatable bonds is 4. The normalized spacial score (nSPS) is 13.1. The van der Waals surface area contributed by atoms with Crippen LogP contribution in [0.5, 0.6) is 0 Å². The molecule has 0 aliphatic carbocycles. The number of nitrogens with zero attached hydrogens (tertiary/aromatic N) is 1. The van der Waals surface area contributed by atoms with Gasteiger partial charge in [0.2, 0.25) is 0 Å². The lowest BCUT2D eigenvalue weighted by molar-refractivity contribution is -0.152. The largest absolute Gasteiger partial charge is 0.408 e. The van der Waals surface area contributed by atoms with Gasteiger partial charge in [-0.1, -0.05) is 23.7 Å². The third-order valence-corrected chi connectivity index (χ3v) is 4.57. The molecular weight excluding hydrogens is 368 g/mol. The molecule has 0 bridgehead atoms. The summed E-state index contributed by atoms with van der Waals surface area (Å²) in [5, 5.41) is 0.323. The van der Waals surface area contributed by atoms with Gasteiger partial charge in [0.1, 0.15) is 6.04 Å². The minimum Gasteiger partial charge on any atom is -0.315 e. The maximum absolute atomic E-state index is 13.8. The van der Waals surface area contributed by atoms with Crippen molar-refractivity contribution in [3.8, 4) is 0 Å². The summed E-state index contributed by atoms with van der Waals surface area (Å²) in [4.78, 5) is 11.7. The van der Waals surface area contributed by atoms with Crippen LogP contribution >= 0.6 is 23.5 Å². The number of nitrogens with one attached hydrogen (secondary N) is 1. The van der Waals surface area contributed by atoms with E-state index in [2.05, 4.69) is 4.72 Å². The smallest absolute Gasteiger partial charge is 0.315 e. The third kappa shape index (κ3) is 4.12. The number of hydrogen-bond donors (Lipinski definition) is 1. The van der Waals surface area contributed by atoms with E-state index in [0.29, 0.717) is 17.0 Å². The summed E-state index contributed by atoms with van der Waals surface area (Å²) in [6.45, 7) is 1.34. The molecule has 0 saturated heterocycles. The molecule has 0 amide bonds. The highest BCUT2D eigenvalue weighted by atomic mass is 35.5. The molecule has 0 saturated carbocycles. The fourth-order valence-corrected chi connectivity index (χ4v) is 3.05. The second kappa shape index (κ2) is 7.16. The van der Waals surface area contributed by atoms with E-state index in [9.17, 15) is 22.4 Å². The molecule has 2 aromatic rings. The average molecular weight is 381 g/mol. The molecule has 0 fully saturated rings. The molecule has 0 spiro atoms. The van der Waals surface area contributed by atoms with Gasteiger partial charge in [-0.05, 0) is 36.6 Å². The van der Waals surface area contributed by atoms with Crippen molar-refractivity contribution in [2.24, 2.45) is 7.05 Å². The molecule has 24 heavy (non-hydrogen) atoms. The molecule has 1 aromatic heterocycles. The quantitative estimate of drug-likeness (QED) is 0.631. The molecule has 130 valence electrons. The first-order valence-electron chi connectivity index (χ1n) is 6.71. The summed E-state index contributed by atoms with van der Waals surface area (Å²) < 4.78 is 56.9. The van der Waals surface area contributed by atoms with Crippen LogP contribution < -0.4 is 10.3 Å². The molecule has 1 unspecified atom stereocenters. The summed E-state index contributed by atoms with van der Waals surface area (Å²) in [6, 6.07) is 3.28. The number of benzene rings is 1. The fraction of sp³-hybridized carbons (Fsp3) is 0.267. The Balaban J connectivity index is 2.30. The highest BCUT2D eigenvalue weighted by Gasteiger charge is 2.41. The van der Waals surface area contributed by atoms with E-state index in [-0.39, 0.29) is 16.0 Å². The van der Waals surface area contributed by atoms with Gasteiger partial charge in [0, 0.05) is 28.7 Å². The zero-order chi connectivity index (χ0) is 18.1. The summed E-state index contributed by atoms with van der Waals surface area (Å²) in [5.74, 6) is -0.987. The number of hydrogen-bond acceptors (Lipinski definition) is 3. The zero-order valence-corrected chi connectivity index (χ0v) is 14.2. The molecule has 1 aromatic carbocycles. The highest BCUT2D eigenvalue weighted by molar-refractivity contribution is 7.97. The first-order valence-corrected chi connectivity index (χ1v) is 7.91. The molecule has 9 heteroatoms. The first kappa shape index (κ1) is 18.8. The Hall–Kier alpha value is -1.51. The van der Waals surface area contributed by atoms with E-state index in [0.717, 1.165) is 4.57 Å². The van der Waals surface area contributed by atoms with Crippen molar-refractivity contribution in [1.29, 1.82) is 0 Å². The van der Waals surface area contributed by atoms with Gasteiger partial charge in [0.15, 0.2) is 5.82 Å². The lowest BCUT2D eigenvalue weighted by atomic mass is 10.1. The Morgan fingerprint density at radius 3 is 2.38 bits per heavy atom. The van der Waals surface area contributed by atoms with Crippen LogP contribution in [0, 0.1) is 12.7 Å². The van der Waals surface area contributed by atoms with Crippen molar-refractivity contribution in [1.82, 2.24) is 9.29 Å². The Labute approximate surface area is 144 Å². The maximum atomic E-state index is 13.8. The Morgan fingerprint density at radius 1 is 1.25 bits per heavy atom. The molecule has 0 aliphatic rings. The first-order chi connectivity index (χ1) is 11.1. The number of alkyl halides is 3. The van der Waals surface area contributed by atoms with Crippen molar-refractivity contribution in [3.63, 3.8) is 0 Å². The monoisotopic (exact) mass is 380 g/mol. The molecule has 1 heterocycles. The molecule has 1 N–H and O–H groups in total. The predicted octanol–water partition coefficient (Wildman–Crippen LogP) is 4.39. The van der Waals surface area contributed by atoms with Crippen LogP contribution in [-0.4, -0.2) is 10.7 Å². The van der Waals surface area contributed by atoms with Crippen molar-refractivity contribution < 1.29 is 17.6 Å². The number of pyridine rings is 1. The molecule has 0 aliphatic heterocycles. The van der Waals surface area contributed by atoms with Gasteiger partial charge in [-0.3, -0.25) is 4.79 Å². The van der Waals surface area contributed by atoms with Gasteiger partial charge < -0.3 is 4.57 Å². The van der Waals surface area contributed by atoms with Gasteiger partial charge >= 0.3 is 6.18 Å². The van der Waals surface area contributed by atoms with Gasteiger partial charge in [-0.2, -0.15) is 13.2 Å². The van der Waals surface area contributed by atoms with Gasteiger partial charge in [0.25, 0.3) is 5.56 Å². The second-order valence-electron chi connectivity index (χ2n) is 5.09. The molecule has 3 nitrogen and oxygen atoms in total. The topological polar surface area (TPSA) is 34.0 Å². The van der Waals surface area contributed by atoms with Crippen LogP contribution in [0.3, 0.4) is 0 Å². The van der Waals surface area contributed by atoms with Crippen molar-refractivity contribution >= 4 is 23.5 Å². The Morgan fingerprint density at radius 2 is 1.83 bits per heavy atom. The van der Waals surface area contributed by atoms with E-state index >= 15 is 0 Å². The Bertz CT molecular complexity index is 790. The minimum absolute atomic E-state index is 0.00682. The van der Waals surface area contributed by atoms with E-state index < -0.39 is 23.6 Å². The SMILES string of the molecule is Cc1c(SNC(c2ccc(Cl)cc2)C(F)(F)F)cn(C)c(=O)c1F. The van der Waals surface area contributed by atoms with Crippen LogP contribution in [0.1, 0.15) is 17.2 Å². The van der Waals surface area contributed by atoms with E-state index in [1.165, 1.54) is 44.4 Å². The Kier molecular flexibility index (Phi) is 5.62. The summed E-state index contributed by atoms with van der Waals surface area (Å²) in [6.07, 6.45) is -3.28. The number of halogens is 5. The van der Waals surface area contributed by atoms with E-state index in [4.69, 9.17) is 11.6 Å². The van der Waals surface area contributed by atoms with Crippen LogP contribution in [0.2, 0.25) is 5.02 Å². The molecule has 0 radical (unpaired) electrons. The minimum atomic E-state index is -4.56. The van der Waals surface area contributed by atoms with E-state index in [1.54, 1.807) is 0 Å². The van der Waals surface area contributed by atoms with Gasteiger partial charge in [-0.15, -0.1) is 0 Å². The molecule has 1 atom stereocenters. The average Bonchev–Trinajstić information content (AvgIpc) is 2.50. The highest BCUT2D eigenvalue weighted by Crippen LogP contribution is 2.36. The zero-order valence-electron chi connectivity index (χ0n) is 12.6. The van der Waals surface area contributed by atoms with E-state index in [1.807, 2.05) is 0 Å². The third-order valence-electron chi connectivity index (χ3n) is 3.34.